The van der Waals surface area contributed by atoms with Crippen molar-refractivity contribution >= 4 is 5.91 Å². The van der Waals surface area contributed by atoms with Crippen LogP contribution in [0.5, 0.6) is 5.88 Å². The third kappa shape index (κ3) is 4.43. The Kier molecular flexibility index (Phi) is 4.49. The number of hydrogen-bond donors (Lipinski definition) is 1. The van der Waals surface area contributed by atoms with Gasteiger partial charge in [0.25, 0.3) is 0 Å². The molecule has 1 heterocycles. The van der Waals surface area contributed by atoms with Gasteiger partial charge in [0.15, 0.2) is 0 Å². The highest BCUT2D eigenvalue weighted by Gasteiger charge is 2.20. The molecule has 1 N–H and O–H groups in total. The zero-order chi connectivity index (χ0) is 12.9. The van der Waals surface area contributed by atoms with Crippen LogP contribution in [0, 0.1) is 5.41 Å². The van der Waals surface area contributed by atoms with Gasteiger partial charge in [0.05, 0.1) is 7.11 Å². The molecule has 17 heavy (non-hydrogen) atoms. The van der Waals surface area contributed by atoms with Gasteiger partial charge in [-0.15, -0.1) is 0 Å². The molecule has 4 heteroatoms. The minimum absolute atomic E-state index is 0.0681. The van der Waals surface area contributed by atoms with E-state index in [1.54, 1.807) is 13.3 Å². The molecule has 0 aliphatic carbocycles. The van der Waals surface area contributed by atoms with Gasteiger partial charge in [-0.05, 0) is 18.1 Å². The number of carbonyl (C=O) groups excluding carboxylic acids is 1. The van der Waals surface area contributed by atoms with Crippen LogP contribution >= 0.6 is 0 Å². The molecule has 94 valence electrons. The number of hydrogen-bond acceptors (Lipinski definition) is 3. The lowest BCUT2D eigenvalue weighted by atomic mass is 9.95. The minimum atomic E-state index is -0.337. The fourth-order valence-electron chi connectivity index (χ4n) is 1.30. The number of nitrogens with zero attached hydrogens (tertiary/aromatic N) is 1. The van der Waals surface area contributed by atoms with E-state index in [1.807, 2.05) is 32.9 Å². The number of nitrogens with one attached hydrogen (secondary N) is 1. The highest BCUT2D eigenvalue weighted by atomic mass is 16.5. The second-order valence-electron chi connectivity index (χ2n) is 4.96. The summed E-state index contributed by atoms with van der Waals surface area (Å²) < 4.78 is 5.04. The van der Waals surface area contributed by atoms with Crippen LogP contribution in [0.25, 0.3) is 0 Å². The third-order valence-electron chi connectivity index (χ3n) is 2.39. The molecule has 1 rings (SSSR count). The summed E-state index contributed by atoms with van der Waals surface area (Å²) in [6, 6.07) is 3.80. The predicted octanol–water partition coefficient (Wildman–Crippen LogP) is 1.79. The molecular formula is C13H20N2O2. The number of methoxy groups -OCH3 is 1. The molecular weight excluding hydrogens is 216 g/mol. The molecule has 0 aliphatic rings. The van der Waals surface area contributed by atoms with Crippen LogP contribution in [0.2, 0.25) is 0 Å². The quantitative estimate of drug-likeness (QED) is 0.867. The molecule has 0 saturated carbocycles. The van der Waals surface area contributed by atoms with Crippen LogP contribution in [0.1, 0.15) is 26.3 Å². The summed E-state index contributed by atoms with van der Waals surface area (Å²) in [5.74, 6) is 0.670. The van der Waals surface area contributed by atoms with Crippen molar-refractivity contribution in [2.75, 3.05) is 13.7 Å². The van der Waals surface area contributed by atoms with Crippen molar-refractivity contribution in [2.24, 2.45) is 5.41 Å². The SMILES string of the molecule is COc1cc(CCNC(=O)C(C)(C)C)ccn1. The van der Waals surface area contributed by atoms with Gasteiger partial charge in [0.2, 0.25) is 11.8 Å². The molecule has 0 aromatic carbocycles. The lowest BCUT2D eigenvalue weighted by Gasteiger charge is -2.17. The number of amides is 1. The fraction of sp³-hybridized carbons (Fsp3) is 0.538. The number of aromatic nitrogens is 1. The summed E-state index contributed by atoms with van der Waals surface area (Å²) in [4.78, 5) is 15.7. The Balaban J connectivity index is 2.43. The van der Waals surface area contributed by atoms with Crippen molar-refractivity contribution in [1.29, 1.82) is 0 Å². The van der Waals surface area contributed by atoms with E-state index in [-0.39, 0.29) is 11.3 Å². The standard InChI is InChI=1S/C13H20N2O2/c1-13(2,3)12(16)15-8-6-10-5-7-14-11(9-10)17-4/h5,7,9H,6,8H2,1-4H3,(H,15,16). The normalized spacial score (nSPS) is 11.1. The molecule has 0 fully saturated rings. The van der Waals surface area contributed by atoms with E-state index in [4.69, 9.17) is 4.74 Å². The average molecular weight is 236 g/mol. The van der Waals surface area contributed by atoms with Crippen LogP contribution in [0.4, 0.5) is 0 Å². The number of ether oxygens (including phenoxy) is 1. The van der Waals surface area contributed by atoms with Crippen molar-refractivity contribution in [3.63, 3.8) is 0 Å². The second kappa shape index (κ2) is 5.66. The van der Waals surface area contributed by atoms with Gasteiger partial charge in [0.1, 0.15) is 0 Å². The van der Waals surface area contributed by atoms with Crippen LogP contribution < -0.4 is 10.1 Å². The Morgan fingerprint density at radius 3 is 2.76 bits per heavy atom. The minimum Gasteiger partial charge on any atom is -0.481 e. The second-order valence-corrected chi connectivity index (χ2v) is 4.96. The van der Waals surface area contributed by atoms with E-state index in [1.165, 1.54) is 0 Å². The largest absolute Gasteiger partial charge is 0.481 e. The number of carbonyl (C=O) groups is 1. The van der Waals surface area contributed by atoms with Crippen molar-refractivity contribution < 1.29 is 9.53 Å². The first-order valence-electron chi connectivity index (χ1n) is 5.70. The Labute approximate surface area is 102 Å². The highest BCUT2D eigenvalue weighted by molar-refractivity contribution is 5.81. The van der Waals surface area contributed by atoms with Gasteiger partial charge in [-0.3, -0.25) is 4.79 Å². The monoisotopic (exact) mass is 236 g/mol. The van der Waals surface area contributed by atoms with Crippen molar-refractivity contribution in [3.8, 4) is 5.88 Å². The number of pyridine rings is 1. The topological polar surface area (TPSA) is 51.2 Å². The Hall–Kier alpha value is -1.58. The Morgan fingerprint density at radius 1 is 1.47 bits per heavy atom. The molecule has 0 radical (unpaired) electrons. The van der Waals surface area contributed by atoms with Crippen molar-refractivity contribution in [3.05, 3.63) is 23.9 Å². The Morgan fingerprint density at radius 2 is 2.18 bits per heavy atom. The van der Waals surface area contributed by atoms with E-state index in [9.17, 15) is 4.79 Å². The smallest absolute Gasteiger partial charge is 0.225 e. The zero-order valence-corrected chi connectivity index (χ0v) is 10.9. The maximum atomic E-state index is 11.6. The third-order valence-corrected chi connectivity index (χ3v) is 2.39. The molecule has 0 unspecified atom stereocenters. The molecule has 0 spiro atoms. The summed E-state index contributed by atoms with van der Waals surface area (Å²) >= 11 is 0. The first-order valence-corrected chi connectivity index (χ1v) is 5.70. The summed E-state index contributed by atoms with van der Waals surface area (Å²) in [6.45, 7) is 6.33. The van der Waals surface area contributed by atoms with Gasteiger partial charge in [-0.2, -0.15) is 0 Å². The highest BCUT2D eigenvalue weighted by Crippen LogP contribution is 2.12. The lowest BCUT2D eigenvalue weighted by Crippen LogP contribution is -2.35. The van der Waals surface area contributed by atoms with E-state index in [0.29, 0.717) is 12.4 Å². The molecule has 0 aliphatic heterocycles. The van der Waals surface area contributed by atoms with Crippen LogP contribution in [0.3, 0.4) is 0 Å². The van der Waals surface area contributed by atoms with Gasteiger partial charge in [0, 0.05) is 24.2 Å². The van der Waals surface area contributed by atoms with Crippen molar-refractivity contribution in [1.82, 2.24) is 10.3 Å². The Bertz CT molecular complexity index is 383. The summed E-state index contributed by atoms with van der Waals surface area (Å²) in [5.41, 5.74) is 0.765. The van der Waals surface area contributed by atoms with E-state index in [2.05, 4.69) is 10.3 Å². The first kappa shape index (κ1) is 13.5. The molecule has 1 aromatic rings. The van der Waals surface area contributed by atoms with Crippen LogP contribution in [0.15, 0.2) is 18.3 Å². The average Bonchev–Trinajstić information content (AvgIpc) is 2.28. The molecule has 1 amide bonds. The number of rotatable bonds is 4. The first-order chi connectivity index (χ1) is 7.93. The summed E-state index contributed by atoms with van der Waals surface area (Å²) in [7, 11) is 1.59. The lowest BCUT2D eigenvalue weighted by molar-refractivity contribution is -0.128. The maximum absolute atomic E-state index is 11.6. The molecule has 0 atom stereocenters. The van der Waals surface area contributed by atoms with Gasteiger partial charge >= 0.3 is 0 Å². The van der Waals surface area contributed by atoms with Crippen LogP contribution in [-0.2, 0) is 11.2 Å². The van der Waals surface area contributed by atoms with Gasteiger partial charge in [-0.1, -0.05) is 20.8 Å². The maximum Gasteiger partial charge on any atom is 0.225 e. The summed E-state index contributed by atoms with van der Waals surface area (Å²) in [5, 5.41) is 2.91. The van der Waals surface area contributed by atoms with Gasteiger partial charge in [-0.25, -0.2) is 4.98 Å². The van der Waals surface area contributed by atoms with Crippen LogP contribution in [-0.4, -0.2) is 24.5 Å². The van der Waals surface area contributed by atoms with Gasteiger partial charge < -0.3 is 10.1 Å². The fourth-order valence-corrected chi connectivity index (χ4v) is 1.30. The molecule has 4 nitrogen and oxygen atoms in total. The van der Waals surface area contributed by atoms with Crippen molar-refractivity contribution in [2.45, 2.75) is 27.2 Å². The van der Waals surface area contributed by atoms with E-state index >= 15 is 0 Å². The van der Waals surface area contributed by atoms with E-state index in [0.717, 1.165) is 12.0 Å². The molecule has 0 saturated heterocycles. The van der Waals surface area contributed by atoms with E-state index < -0.39 is 0 Å². The predicted molar refractivity (Wildman–Crippen MR) is 67.0 cm³/mol. The zero-order valence-electron chi connectivity index (χ0n) is 10.9. The molecule has 1 aromatic heterocycles. The molecule has 0 bridgehead atoms. The summed E-state index contributed by atoms with van der Waals surface area (Å²) in [6.07, 6.45) is 2.49.